The molecule has 0 aliphatic rings. The van der Waals surface area contributed by atoms with Gasteiger partial charge >= 0.3 is 0 Å². The first-order valence-corrected chi connectivity index (χ1v) is 8.30. The van der Waals surface area contributed by atoms with Gasteiger partial charge in [0.2, 0.25) is 5.71 Å². The van der Waals surface area contributed by atoms with Crippen LogP contribution in [0.4, 0.5) is 5.69 Å². The van der Waals surface area contributed by atoms with Crippen molar-refractivity contribution in [3.05, 3.63) is 84.4 Å². The maximum Gasteiger partial charge on any atom is 0.237 e. The fourth-order valence-electron chi connectivity index (χ4n) is 2.49. The number of para-hydroxylation sites is 1. The first-order valence-electron chi connectivity index (χ1n) is 8.30. The highest BCUT2D eigenvalue weighted by Gasteiger charge is 2.06. The van der Waals surface area contributed by atoms with E-state index in [1.807, 2.05) is 78.9 Å². The fourth-order valence-corrected chi connectivity index (χ4v) is 2.49. The highest BCUT2D eigenvalue weighted by atomic mass is 16.5. The van der Waals surface area contributed by atoms with Gasteiger partial charge in [-0.05, 0) is 29.3 Å². The van der Waals surface area contributed by atoms with Gasteiger partial charge in [0.15, 0.2) is 0 Å². The molecule has 130 valence electrons. The standard InChI is InChI=1S/C22H16N4O/c23-14-20(15-24)26-25-19-12-10-18(11-13-19)21-8-4-5-9-22(21)27-16-17-6-2-1-3-7-17/h1-13,25H,16H2. The van der Waals surface area contributed by atoms with E-state index in [1.165, 1.54) is 0 Å². The second-order valence-corrected chi connectivity index (χ2v) is 5.64. The zero-order valence-electron chi connectivity index (χ0n) is 14.5. The number of nitrogens with zero attached hydrogens (tertiary/aromatic N) is 3. The Bertz CT molecular complexity index is 997. The van der Waals surface area contributed by atoms with Crippen LogP contribution in [0.2, 0.25) is 0 Å². The molecule has 0 bridgehead atoms. The summed E-state index contributed by atoms with van der Waals surface area (Å²) in [6, 6.07) is 28.8. The molecule has 27 heavy (non-hydrogen) atoms. The lowest BCUT2D eigenvalue weighted by molar-refractivity contribution is 0.307. The van der Waals surface area contributed by atoms with E-state index in [0.29, 0.717) is 12.3 Å². The molecule has 3 aromatic rings. The number of ether oxygens (including phenoxy) is 1. The smallest absolute Gasteiger partial charge is 0.237 e. The molecule has 0 fully saturated rings. The van der Waals surface area contributed by atoms with Crippen LogP contribution in [0.25, 0.3) is 11.1 Å². The highest BCUT2D eigenvalue weighted by Crippen LogP contribution is 2.31. The normalized spacial score (nSPS) is 9.56. The molecule has 0 aliphatic heterocycles. The van der Waals surface area contributed by atoms with Crippen molar-refractivity contribution in [2.45, 2.75) is 6.61 Å². The van der Waals surface area contributed by atoms with Gasteiger partial charge in [0.25, 0.3) is 0 Å². The van der Waals surface area contributed by atoms with E-state index in [2.05, 4.69) is 10.5 Å². The van der Waals surface area contributed by atoms with Crippen molar-refractivity contribution >= 4 is 11.4 Å². The van der Waals surface area contributed by atoms with Crippen LogP contribution in [0.3, 0.4) is 0 Å². The Morgan fingerprint density at radius 1 is 0.852 bits per heavy atom. The molecule has 0 spiro atoms. The number of nitriles is 2. The minimum absolute atomic E-state index is 0.223. The quantitative estimate of drug-likeness (QED) is 0.513. The number of nitrogens with one attached hydrogen (secondary N) is 1. The zero-order chi connectivity index (χ0) is 18.9. The molecule has 0 saturated heterocycles. The molecule has 0 saturated carbocycles. The molecule has 3 rings (SSSR count). The second kappa shape index (κ2) is 8.84. The molecular weight excluding hydrogens is 336 g/mol. The van der Waals surface area contributed by atoms with Crippen molar-refractivity contribution in [2.24, 2.45) is 5.10 Å². The van der Waals surface area contributed by atoms with Crippen LogP contribution in [0, 0.1) is 22.7 Å². The van der Waals surface area contributed by atoms with E-state index in [-0.39, 0.29) is 5.71 Å². The van der Waals surface area contributed by atoms with Crippen molar-refractivity contribution in [2.75, 3.05) is 5.43 Å². The molecule has 0 radical (unpaired) electrons. The summed E-state index contributed by atoms with van der Waals surface area (Å²) in [6.07, 6.45) is 0. The predicted octanol–water partition coefficient (Wildman–Crippen LogP) is 4.75. The number of benzene rings is 3. The minimum Gasteiger partial charge on any atom is -0.488 e. The van der Waals surface area contributed by atoms with Crippen LogP contribution < -0.4 is 10.2 Å². The molecule has 3 aromatic carbocycles. The summed E-state index contributed by atoms with van der Waals surface area (Å²) >= 11 is 0. The van der Waals surface area contributed by atoms with Crippen LogP contribution in [-0.4, -0.2) is 5.71 Å². The summed E-state index contributed by atoms with van der Waals surface area (Å²) in [4.78, 5) is 0. The largest absolute Gasteiger partial charge is 0.488 e. The van der Waals surface area contributed by atoms with Gasteiger partial charge in [0.05, 0.1) is 5.69 Å². The van der Waals surface area contributed by atoms with Gasteiger partial charge in [-0.15, -0.1) is 0 Å². The van der Waals surface area contributed by atoms with Crippen molar-refractivity contribution in [3.63, 3.8) is 0 Å². The third kappa shape index (κ3) is 4.72. The van der Waals surface area contributed by atoms with E-state index in [9.17, 15) is 0 Å². The zero-order valence-corrected chi connectivity index (χ0v) is 14.5. The molecule has 0 atom stereocenters. The van der Waals surface area contributed by atoms with Crippen LogP contribution in [-0.2, 0) is 6.61 Å². The molecule has 0 aromatic heterocycles. The summed E-state index contributed by atoms with van der Waals surface area (Å²) < 4.78 is 6.01. The van der Waals surface area contributed by atoms with Crippen molar-refractivity contribution in [1.29, 1.82) is 10.5 Å². The Balaban J connectivity index is 1.76. The van der Waals surface area contributed by atoms with E-state index >= 15 is 0 Å². The summed E-state index contributed by atoms with van der Waals surface area (Å²) in [5, 5.41) is 21.1. The third-order valence-electron chi connectivity index (χ3n) is 3.83. The van der Waals surface area contributed by atoms with Crippen molar-refractivity contribution < 1.29 is 4.74 Å². The first kappa shape index (κ1) is 17.7. The average Bonchev–Trinajstić information content (AvgIpc) is 2.74. The number of anilines is 1. The van der Waals surface area contributed by atoms with Crippen LogP contribution in [0.5, 0.6) is 5.75 Å². The van der Waals surface area contributed by atoms with E-state index in [0.717, 1.165) is 22.4 Å². The van der Waals surface area contributed by atoms with Gasteiger partial charge in [-0.2, -0.15) is 15.6 Å². The second-order valence-electron chi connectivity index (χ2n) is 5.64. The highest BCUT2D eigenvalue weighted by molar-refractivity contribution is 6.10. The molecule has 0 aliphatic carbocycles. The monoisotopic (exact) mass is 352 g/mol. The Morgan fingerprint density at radius 2 is 1.52 bits per heavy atom. The van der Waals surface area contributed by atoms with Crippen LogP contribution >= 0.6 is 0 Å². The molecular formula is C22H16N4O. The number of hydrazone groups is 1. The predicted molar refractivity (Wildman–Crippen MR) is 105 cm³/mol. The summed E-state index contributed by atoms with van der Waals surface area (Å²) in [5.41, 5.74) is 6.25. The van der Waals surface area contributed by atoms with Gasteiger partial charge < -0.3 is 4.74 Å². The Morgan fingerprint density at radius 3 is 2.22 bits per heavy atom. The maximum atomic E-state index is 8.70. The average molecular weight is 352 g/mol. The van der Waals surface area contributed by atoms with Crippen molar-refractivity contribution in [3.8, 4) is 29.0 Å². The Labute approximate surface area is 157 Å². The molecule has 0 heterocycles. The number of hydrogen-bond acceptors (Lipinski definition) is 5. The lowest BCUT2D eigenvalue weighted by Gasteiger charge is -2.12. The Hall–Kier alpha value is -4.09. The van der Waals surface area contributed by atoms with Crippen LogP contribution in [0.1, 0.15) is 5.56 Å². The third-order valence-corrected chi connectivity index (χ3v) is 3.83. The summed E-state index contributed by atoms with van der Waals surface area (Å²) in [6.45, 7) is 0.497. The van der Waals surface area contributed by atoms with Crippen molar-refractivity contribution in [1.82, 2.24) is 0 Å². The van der Waals surface area contributed by atoms with Gasteiger partial charge in [0, 0.05) is 5.56 Å². The summed E-state index contributed by atoms with van der Waals surface area (Å²) in [5.74, 6) is 0.802. The number of hydrogen-bond donors (Lipinski definition) is 1. The number of rotatable bonds is 6. The molecule has 1 N–H and O–H groups in total. The van der Waals surface area contributed by atoms with E-state index in [4.69, 9.17) is 15.3 Å². The van der Waals surface area contributed by atoms with Gasteiger partial charge in [-0.25, -0.2) is 0 Å². The minimum atomic E-state index is -0.223. The topological polar surface area (TPSA) is 81.2 Å². The van der Waals surface area contributed by atoms with Gasteiger partial charge in [-0.3, -0.25) is 5.43 Å². The lowest BCUT2D eigenvalue weighted by Crippen LogP contribution is -1.97. The van der Waals surface area contributed by atoms with Gasteiger partial charge in [-0.1, -0.05) is 60.7 Å². The molecule has 0 unspecified atom stereocenters. The molecule has 5 heteroatoms. The van der Waals surface area contributed by atoms with Crippen LogP contribution in [0.15, 0.2) is 84.0 Å². The van der Waals surface area contributed by atoms with E-state index in [1.54, 1.807) is 12.1 Å². The van der Waals surface area contributed by atoms with E-state index < -0.39 is 0 Å². The molecule has 5 nitrogen and oxygen atoms in total. The summed E-state index contributed by atoms with van der Waals surface area (Å²) in [7, 11) is 0. The lowest BCUT2D eigenvalue weighted by atomic mass is 10.0. The maximum absolute atomic E-state index is 8.70. The Kier molecular flexibility index (Phi) is 5.81. The molecule has 0 amide bonds. The SMILES string of the molecule is N#CC(C#N)=NNc1ccc(-c2ccccc2OCc2ccccc2)cc1. The first-order chi connectivity index (χ1) is 13.3. The fraction of sp³-hybridized carbons (Fsp3) is 0.0455. The van der Waals surface area contributed by atoms with Gasteiger partial charge in [0.1, 0.15) is 24.5 Å².